The molecule has 2 saturated carbocycles. The van der Waals surface area contributed by atoms with Crippen molar-refractivity contribution in [2.24, 2.45) is 17.8 Å². The fourth-order valence-electron chi connectivity index (χ4n) is 5.72. The summed E-state index contributed by atoms with van der Waals surface area (Å²) in [4.78, 5) is 0. The number of allylic oxidation sites excluding steroid dienone is 1. The number of benzene rings is 2. The van der Waals surface area contributed by atoms with Crippen LogP contribution in [0.15, 0.2) is 60.7 Å². The van der Waals surface area contributed by atoms with Crippen LogP contribution in [0.3, 0.4) is 0 Å². The number of hydrogen-bond donors (Lipinski definition) is 0. The Morgan fingerprint density at radius 2 is 1.10 bits per heavy atom. The molecule has 160 valence electrons. The molecule has 2 aromatic carbocycles. The van der Waals surface area contributed by atoms with Gasteiger partial charge >= 0.3 is 0 Å². The van der Waals surface area contributed by atoms with Crippen LogP contribution in [0.25, 0.3) is 0 Å². The fraction of sp³-hybridized carbons (Fsp3) is 0.533. The number of aryl methyl sites for hydroxylation is 1. The molecule has 0 amide bonds. The summed E-state index contributed by atoms with van der Waals surface area (Å²) >= 11 is 0. The van der Waals surface area contributed by atoms with Crippen molar-refractivity contribution in [2.75, 3.05) is 0 Å². The highest BCUT2D eigenvalue weighted by atomic mass is 14.3. The molecule has 0 atom stereocenters. The fourth-order valence-corrected chi connectivity index (χ4v) is 5.72. The van der Waals surface area contributed by atoms with Crippen LogP contribution >= 0.6 is 0 Å². The highest BCUT2D eigenvalue weighted by molar-refractivity contribution is 5.30. The van der Waals surface area contributed by atoms with Gasteiger partial charge in [-0.3, -0.25) is 0 Å². The molecule has 0 aliphatic heterocycles. The van der Waals surface area contributed by atoms with E-state index in [2.05, 4.69) is 62.0 Å². The van der Waals surface area contributed by atoms with E-state index >= 15 is 0 Å². The quantitative estimate of drug-likeness (QED) is 0.410. The maximum Gasteiger partial charge on any atom is -0.00258 e. The highest BCUT2D eigenvalue weighted by Crippen LogP contribution is 2.38. The van der Waals surface area contributed by atoms with Gasteiger partial charge in [-0.2, -0.15) is 0 Å². The van der Waals surface area contributed by atoms with Gasteiger partial charge in [0.1, 0.15) is 0 Å². The summed E-state index contributed by atoms with van der Waals surface area (Å²) in [6, 6.07) is 18.6. The van der Waals surface area contributed by atoms with Crippen LogP contribution in [0, 0.1) is 17.8 Å². The molecule has 0 radical (unpaired) electrons. The molecule has 0 aromatic heterocycles. The molecular formula is C30H40. The van der Waals surface area contributed by atoms with Crippen molar-refractivity contribution in [1.29, 1.82) is 0 Å². The zero-order valence-electron chi connectivity index (χ0n) is 19.0. The molecule has 2 aliphatic carbocycles. The first-order chi connectivity index (χ1) is 14.7. The van der Waals surface area contributed by atoms with E-state index < -0.39 is 0 Å². The second kappa shape index (κ2) is 10.5. The Bertz CT molecular complexity index is 777. The lowest BCUT2D eigenvalue weighted by molar-refractivity contribution is 0.219. The molecule has 0 heterocycles. The van der Waals surface area contributed by atoms with E-state index in [4.69, 9.17) is 0 Å². The van der Waals surface area contributed by atoms with Gasteiger partial charge < -0.3 is 0 Å². The lowest BCUT2D eigenvalue weighted by atomic mass is 9.73. The highest BCUT2D eigenvalue weighted by Gasteiger charge is 2.25. The zero-order valence-corrected chi connectivity index (χ0v) is 19.0. The van der Waals surface area contributed by atoms with Crippen LogP contribution in [0.1, 0.15) is 87.0 Å². The number of hydrogen-bond acceptors (Lipinski definition) is 0. The molecule has 2 aromatic rings. The zero-order chi connectivity index (χ0) is 20.8. The molecule has 0 N–H and O–H groups in total. The Balaban J connectivity index is 1.21. The van der Waals surface area contributed by atoms with Crippen molar-refractivity contribution in [3.05, 3.63) is 82.9 Å². The van der Waals surface area contributed by atoms with Crippen molar-refractivity contribution in [3.63, 3.8) is 0 Å². The van der Waals surface area contributed by atoms with E-state index in [1.165, 1.54) is 92.0 Å². The smallest absolute Gasteiger partial charge is 0.00258 e. The third-order valence-corrected chi connectivity index (χ3v) is 7.83. The van der Waals surface area contributed by atoms with E-state index in [1.807, 2.05) is 0 Å². The lowest BCUT2D eigenvalue weighted by Crippen LogP contribution is -2.20. The van der Waals surface area contributed by atoms with Gasteiger partial charge in [0.15, 0.2) is 0 Å². The minimum atomic E-state index is 0.903. The van der Waals surface area contributed by atoms with Crippen LogP contribution < -0.4 is 0 Å². The molecule has 0 saturated heterocycles. The van der Waals surface area contributed by atoms with Crippen LogP contribution in [0.4, 0.5) is 0 Å². The van der Waals surface area contributed by atoms with Gasteiger partial charge in [-0.1, -0.05) is 80.4 Å². The maximum atomic E-state index is 4.18. The first-order valence-corrected chi connectivity index (χ1v) is 12.5. The summed E-state index contributed by atoms with van der Waals surface area (Å²) in [6.45, 7) is 6.39. The Morgan fingerprint density at radius 1 is 0.633 bits per heavy atom. The predicted octanol–water partition coefficient (Wildman–Crippen LogP) is 8.33. The van der Waals surface area contributed by atoms with Gasteiger partial charge in [0.25, 0.3) is 0 Å². The van der Waals surface area contributed by atoms with Crippen molar-refractivity contribution in [1.82, 2.24) is 0 Å². The standard InChI is InChI=1S/C30H40/c1-3-24-8-10-26(11-9-24)21-28-16-18-30(19-17-28)22-29-14-12-27(13-15-29)20-25-6-4-23(2)5-7-25/h8-11,16-19,25,27,29H,2-7,12-15,20-22H2,1H3. The first-order valence-electron chi connectivity index (χ1n) is 12.5. The van der Waals surface area contributed by atoms with Crippen molar-refractivity contribution in [2.45, 2.75) is 84.0 Å². The van der Waals surface area contributed by atoms with E-state index in [-0.39, 0.29) is 0 Å². The van der Waals surface area contributed by atoms with Gasteiger partial charge in [0, 0.05) is 0 Å². The second-order valence-electron chi connectivity index (χ2n) is 10.2. The van der Waals surface area contributed by atoms with Crippen molar-refractivity contribution >= 4 is 0 Å². The summed E-state index contributed by atoms with van der Waals surface area (Å²) in [5.74, 6) is 2.89. The van der Waals surface area contributed by atoms with E-state index in [1.54, 1.807) is 0 Å². The summed E-state index contributed by atoms with van der Waals surface area (Å²) in [6.07, 6.45) is 16.2. The Labute approximate surface area is 184 Å². The van der Waals surface area contributed by atoms with Crippen LogP contribution in [-0.4, -0.2) is 0 Å². The summed E-state index contributed by atoms with van der Waals surface area (Å²) < 4.78 is 0. The molecule has 4 rings (SSSR count). The SMILES string of the molecule is C=C1CCC(CC2CCC(Cc3ccc(Cc4ccc(CC)cc4)cc3)CC2)CC1. The topological polar surface area (TPSA) is 0 Å². The van der Waals surface area contributed by atoms with Crippen LogP contribution in [0.5, 0.6) is 0 Å². The Morgan fingerprint density at radius 3 is 1.67 bits per heavy atom. The molecule has 2 aliphatic rings. The normalized spacial score (nSPS) is 22.9. The molecule has 0 spiro atoms. The summed E-state index contributed by atoms with van der Waals surface area (Å²) in [7, 11) is 0. The third kappa shape index (κ3) is 6.10. The lowest BCUT2D eigenvalue weighted by Gasteiger charge is -2.32. The van der Waals surface area contributed by atoms with E-state index in [0.29, 0.717) is 0 Å². The average Bonchev–Trinajstić information content (AvgIpc) is 2.78. The molecule has 0 heteroatoms. The van der Waals surface area contributed by atoms with Gasteiger partial charge in [-0.25, -0.2) is 0 Å². The summed E-state index contributed by atoms with van der Waals surface area (Å²) in [5, 5.41) is 0. The Kier molecular flexibility index (Phi) is 7.47. The third-order valence-electron chi connectivity index (χ3n) is 7.83. The summed E-state index contributed by atoms with van der Waals surface area (Å²) in [5.41, 5.74) is 7.31. The van der Waals surface area contributed by atoms with Crippen LogP contribution in [0.2, 0.25) is 0 Å². The molecule has 0 bridgehead atoms. The first kappa shape index (κ1) is 21.4. The van der Waals surface area contributed by atoms with Crippen molar-refractivity contribution in [3.8, 4) is 0 Å². The molecular weight excluding hydrogens is 360 g/mol. The second-order valence-corrected chi connectivity index (χ2v) is 10.2. The van der Waals surface area contributed by atoms with Crippen LogP contribution in [-0.2, 0) is 19.3 Å². The monoisotopic (exact) mass is 400 g/mol. The molecule has 0 nitrogen and oxygen atoms in total. The molecule has 2 fully saturated rings. The average molecular weight is 401 g/mol. The maximum absolute atomic E-state index is 4.18. The minimum absolute atomic E-state index is 0.903. The van der Waals surface area contributed by atoms with Gasteiger partial charge in [0.2, 0.25) is 0 Å². The Hall–Kier alpha value is -1.82. The van der Waals surface area contributed by atoms with E-state index in [9.17, 15) is 0 Å². The molecule has 0 unspecified atom stereocenters. The van der Waals surface area contributed by atoms with Crippen molar-refractivity contribution < 1.29 is 0 Å². The van der Waals surface area contributed by atoms with Gasteiger partial charge in [-0.15, -0.1) is 0 Å². The van der Waals surface area contributed by atoms with Gasteiger partial charge in [-0.05, 0) is 104 Å². The minimum Gasteiger partial charge on any atom is -0.0999 e. The van der Waals surface area contributed by atoms with Gasteiger partial charge in [0.05, 0.1) is 0 Å². The predicted molar refractivity (Wildman–Crippen MR) is 130 cm³/mol. The number of rotatable bonds is 7. The largest absolute Gasteiger partial charge is 0.0999 e. The van der Waals surface area contributed by atoms with E-state index in [0.717, 1.165) is 30.6 Å². The molecule has 30 heavy (non-hydrogen) atoms.